The highest BCUT2D eigenvalue weighted by Gasteiger charge is 2.22. The quantitative estimate of drug-likeness (QED) is 0.740. The Morgan fingerprint density at radius 3 is 2.46 bits per heavy atom. The summed E-state index contributed by atoms with van der Waals surface area (Å²) in [5.41, 5.74) is 2.39. The van der Waals surface area contributed by atoms with Crippen LogP contribution in [0.25, 0.3) is 0 Å². The molecule has 0 saturated carbocycles. The molecule has 0 radical (unpaired) electrons. The van der Waals surface area contributed by atoms with Gasteiger partial charge < -0.3 is 4.90 Å². The lowest BCUT2D eigenvalue weighted by Crippen LogP contribution is -2.46. The first kappa shape index (κ1) is 20.5. The third kappa shape index (κ3) is 4.78. The first-order chi connectivity index (χ1) is 13.4. The van der Waals surface area contributed by atoms with E-state index in [4.69, 9.17) is 11.6 Å². The van der Waals surface area contributed by atoms with Crippen LogP contribution in [0.5, 0.6) is 0 Å². The Bertz CT molecular complexity index is 887. The largest absolute Gasteiger partial charge is 0.368 e. The second-order valence-corrected chi connectivity index (χ2v) is 7.94. The smallest absolute Gasteiger partial charge is 0.160 e. The molecule has 1 aliphatic heterocycles. The summed E-state index contributed by atoms with van der Waals surface area (Å²) >= 11 is 5.83. The van der Waals surface area contributed by atoms with E-state index in [0.29, 0.717) is 36.9 Å². The van der Waals surface area contributed by atoms with Crippen LogP contribution in [0.4, 0.5) is 14.5 Å². The molecular weight excluding hydrogens is 382 g/mol. The minimum Gasteiger partial charge on any atom is -0.368 e. The van der Waals surface area contributed by atoms with Gasteiger partial charge in [-0.1, -0.05) is 25.4 Å². The second-order valence-electron chi connectivity index (χ2n) is 7.53. The Kier molecular flexibility index (Phi) is 6.48. The molecule has 0 atom stereocenters. The lowest BCUT2D eigenvalue weighted by atomic mass is 9.99. The maximum atomic E-state index is 14.4. The average Bonchev–Trinajstić information content (AvgIpc) is 2.64. The summed E-state index contributed by atoms with van der Waals surface area (Å²) in [6.07, 6.45) is 1.91. The van der Waals surface area contributed by atoms with E-state index in [1.54, 1.807) is 6.07 Å². The van der Waals surface area contributed by atoms with Gasteiger partial charge in [0.05, 0.1) is 22.6 Å². The van der Waals surface area contributed by atoms with E-state index >= 15 is 0 Å². The highest BCUT2D eigenvalue weighted by Crippen LogP contribution is 2.27. The monoisotopic (exact) mass is 404 g/mol. The number of nitrogens with zero attached hydrogens (tertiary/aromatic N) is 4. The molecule has 3 rings (SSSR count). The number of pyridine rings is 1. The number of nitriles is 1. The summed E-state index contributed by atoms with van der Waals surface area (Å²) in [7, 11) is 0. The van der Waals surface area contributed by atoms with Crippen LogP contribution in [0.15, 0.2) is 24.4 Å². The Hall–Kier alpha value is -2.23. The van der Waals surface area contributed by atoms with Crippen LogP contribution in [-0.2, 0) is 13.0 Å². The molecule has 1 aromatic heterocycles. The van der Waals surface area contributed by atoms with Crippen LogP contribution in [0.2, 0.25) is 5.02 Å². The molecule has 0 bridgehead atoms. The third-order valence-corrected chi connectivity index (χ3v) is 5.14. The van der Waals surface area contributed by atoms with Gasteiger partial charge >= 0.3 is 0 Å². The molecule has 0 unspecified atom stereocenters. The summed E-state index contributed by atoms with van der Waals surface area (Å²) in [5, 5.41) is 9.49. The van der Waals surface area contributed by atoms with E-state index in [1.807, 2.05) is 12.1 Å². The van der Waals surface area contributed by atoms with Gasteiger partial charge in [-0.2, -0.15) is 5.26 Å². The van der Waals surface area contributed by atoms with Crippen molar-refractivity contribution in [3.05, 3.63) is 57.9 Å². The molecule has 1 aromatic carbocycles. The van der Waals surface area contributed by atoms with Crippen molar-refractivity contribution >= 4 is 17.3 Å². The summed E-state index contributed by atoms with van der Waals surface area (Å²) in [6.45, 7) is 7.56. The molecule has 0 spiro atoms. The third-order valence-electron chi connectivity index (χ3n) is 4.85. The van der Waals surface area contributed by atoms with Crippen molar-refractivity contribution in [3.8, 4) is 6.07 Å². The molecule has 28 heavy (non-hydrogen) atoms. The first-order valence-corrected chi connectivity index (χ1v) is 9.75. The summed E-state index contributed by atoms with van der Waals surface area (Å²) in [5.74, 6) is -0.571. The van der Waals surface area contributed by atoms with E-state index in [9.17, 15) is 14.0 Å². The lowest BCUT2D eigenvalue weighted by Gasteiger charge is -2.36. The second kappa shape index (κ2) is 8.85. The molecular formula is C21H23ClF2N4. The number of aromatic nitrogens is 1. The minimum absolute atomic E-state index is 0.0692. The lowest BCUT2D eigenvalue weighted by molar-refractivity contribution is 0.247. The van der Waals surface area contributed by atoms with Gasteiger partial charge in [-0.3, -0.25) is 9.88 Å². The molecule has 4 nitrogen and oxygen atoms in total. The number of piperazine rings is 1. The fourth-order valence-electron chi connectivity index (χ4n) is 3.51. The van der Waals surface area contributed by atoms with E-state index in [1.165, 1.54) is 6.07 Å². The van der Waals surface area contributed by atoms with E-state index in [-0.39, 0.29) is 10.6 Å². The first-order valence-electron chi connectivity index (χ1n) is 9.37. The summed E-state index contributed by atoms with van der Waals surface area (Å²) in [6, 6.07) is 6.97. The Balaban J connectivity index is 1.71. The number of hydrogen-bond acceptors (Lipinski definition) is 4. The molecule has 2 heterocycles. The van der Waals surface area contributed by atoms with Crippen molar-refractivity contribution in [2.45, 2.75) is 26.8 Å². The molecule has 0 amide bonds. The number of hydrogen-bond donors (Lipinski definition) is 0. The topological polar surface area (TPSA) is 43.2 Å². The van der Waals surface area contributed by atoms with Crippen molar-refractivity contribution in [1.29, 1.82) is 5.26 Å². The zero-order valence-corrected chi connectivity index (χ0v) is 16.8. The predicted molar refractivity (Wildman–Crippen MR) is 106 cm³/mol. The van der Waals surface area contributed by atoms with Crippen molar-refractivity contribution in [2.75, 3.05) is 31.1 Å². The number of halogens is 3. The van der Waals surface area contributed by atoms with Gasteiger partial charge in [-0.05, 0) is 36.1 Å². The van der Waals surface area contributed by atoms with E-state index in [0.717, 1.165) is 31.3 Å². The summed E-state index contributed by atoms with van der Waals surface area (Å²) < 4.78 is 27.7. The maximum Gasteiger partial charge on any atom is 0.160 e. The van der Waals surface area contributed by atoms with Gasteiger partial charge in [-0.25, -0.2) is 8.78 Å². The van der Waals surface area contributed by atoms with Gasteiger partial charge in [-0.15, -0.1) is 0 Å². The number of anilines is 1. The zero-order valence-electron chi connectivity index (χ0n) is 16.1. The molecule has 7 heteroatoms. The van der Waals surface area contributed by atoms with Crippen LogP contribution in [0.3, 0.4) is 0 Å². The summed E-state index contributed by atoms with van der Waals surface area (Å²) in [4.78, 5) is 8.33. The minimum atomic E-state index is -0.525. The van der Waals surface area contributed by atoms with Crippen molar-refractivity contribution in [3.63, 3.8) is 0 Å². The standard InChI is InChI=1S/C21H23ClF2N4/c1-14(2)7-15-8-19(23)17(11-25)21(9-15)28-5-3-27(4-6-28)13-16-10-18(22)20(24)12-26-16/h8-10,12,14H,3-7,13H2,1-2H3. The highest BCUT2D eigenvalue weighted by atomic mass is 35.5. The Morgan fingerprint density at radius 2 is 1.86 bits per heavy atom. The van der Waals surface area contributed by atoms with E-state index < -0.39 is 11.6 Å². The van der Waals surface area contributed by atoms with Crippen LogP contribution in [0.1, 0.15) is 30.7 Å². The molecule has 1 aliphatic rings. The Labute approximate surface area is 169 Å². The highest BCUT2D eigenvalue weighted by molar-refractivity contribution is 6.30. The van der Waals surface area contributed by atoms with Gasteiger partial charge in [0.1, 0.15) is 17.4 Å². The van der Waals surface area contributed by atoms with E-state index in [2.05, 4.69) is 28.6 Å². The SMILES string of the molecule is CC(C)Cc1cc(F)c(C#N)c(N2CCN(Cc3cc(Cl)c(F)cn3)CC2)c1. The van der Waals surface area contributed by atoms with Gasteiger partial charge in [0.25, 0.3) is 0 Å². The molecule has 2 aromatic rings. The van der Waals surface area contributed by atoms with Crippen LogP contribution in [0, 0.1) is 28.9 Å². The molecule has 1 fully saturated rings. The van der Waals surface area contributed by atoms with Gasteiger partial charge in [0, 0.05) is 32.7 Å². The number of benzene rings is 1. The fourth-order valence-corrected chi connectivity index (χ4v) is 3.69. The molecule has 1 saturated heterocycles. The normalized spacial score (nSPS) is 15.1. The molecule has 0 N–H and O–H groups in total. The maximum absolute atomic E-state index is 14.4. The average molecular weight is 405 g/mol. The van der Waals surface area contributed by atoms with Gasteiger partial charge in [0.15, 0.2) is 5.82 Å². The Morgan fingerprint density at radius 1 is 1.14 bits per heavy atom. The van der Waals surface area contributed by atoms with Gasteiger partial charge in [0.2, 0.25) is 0 Å². The fraction of sp³-hybridized carbons (Fsp3) is 0.429. The molecule has 148 valence electrons. The van der Waals surface area contributed by atoms with Crippen LogP contribution >= 0.6 is 11.6 Å². The zero-order chi connectivity index (χ0) is 20.3. The van der Waals surface area contributed by atoms with Crippen molar-refractivity contribution in [1.82, 2.24) is 9.88 Å². The van der Waals surface area contributed by atoms with Crippen LogP contribution in [-0.4, -0.2) is 36.1 Å². The van der Waals surface area contributed by atoms with Crippen molar-refractivity contribution < 1.29 is 8.78 Å². The molecule has 0 aliphatic carbocycles. The van der Waals surface area contributed by atoms with Crippen LogP contribution < -0.4 is 4.90 Å². The number of rotatable bonds is 5. The van der Waals surface area contributed by atoms with Crippen molar-refractivity contribution in [2.24, 2.45) is 5.92 Å². The predicted octanol–water partition coefficient (Wildman–Crippen LogP) is 4.41.